The molecule has 19 heavy (non-hydrogen) atoms. The first-order valence-electron chi connectivity index (χ1n) is 6.79. The van der Waals surface area contributed by atoms with Gasteiger partial charge < -0.3 is 9.80 Å². The molecule has 106 valence electrons. The molecule has 0 unspecified atom stereocenters. The van der Waals surface area contributed by atoms with Gasteiger partial charge in [-0.05, 0) is 43.2 Å². The highest BCUT2D eigenvalue weighted by molar-refractivity contribution is 6.28. The molecular formula is C13H22ClN5. The molecule has 0 aliphatic heterocycles. The fourth-order valence-corrected chi connectivity index (χ4v) is 2.63. The topological polar surface area (TPSA) is 45.2 Å². The van der Waals surface area contributed by atoms with E-state index in [0.717, 1.165) is 5.92 Å². The number of hydrogen-bond acceptors (Lipinski definition) is 5. The highest BCUT2D eigenvalue weighted by Gasteiger charge is 2.24. The number of aromatic nitrogens is 3. The van der Waals surface area contributed by atoms with Crippen molar-refractivity contribution in [2.75, 3.05) is 30.9 Å². The second-order valence-electron chi connectivity index (χ2n) is 5.62. The summed E-state index contributed by atoms with van der Waals surface area (Å²) in [6.45, 7) is 2.32. The monoisotopic (exact) mass is 283 g/mol. The van der Waals surface area contributed by atoms with E-state index in [9.17, 15) is 0 Å². The van der Waals surface area contributed by atoms with Crippen molar-refractivity contribution in [2.45, 2.75) is 38.6 Å². The number of nitrogens with zero attached hydrogens (tertiary/aromatic N) is 5. The molecule has 2 rings (SSSR count). The SMILES string of the molecule is CC1CCC(N(C)c2nc(Cl)nc(N(C)C)n2)CC1. The van der Waals surface area contributed by atoms with E-state index in [1.807, 2.05) is 26.0 Å². The molecular weight excluding hydrogens is 262 g/mol. The predicted molar refractivity (Wildman–Crippen MR) is 79.0 cm³/mol. The Morgan fingerprint density at radius 1 is 0.947 bits per heavy atom. The van der Waals surface area contributed by atoms with Crippen molar-refractivity contribution in [2.24, 2.45) is 5.92 Å². The van der Waals surface area contributed by atoms with Gasteiger partial charge in [-0.1, -0.05) is 6.92 Å². The van der Waals surface area contributed by atoms with Crippen molar-refractivity contribution in [3.8, 4) is 0 Å². The maximum absolute atomic E-state index is 5.98. The van der Waals surface area contributed by atoms with E-state index in [0.29, 0.717) is 17.9 Å². The summed E-state index contributed by atoms with van der Waals surface area (Å²) in [6, 6.07) is 0.504. The van der Waals surface area contributed by atoms with Crippen LogP contribution in [0.25, 0.3) is 0 Å². The largest absolute Gasteiger partial charge is 0.347 e. The summed E-state index contributed by atoms with van der Waals surface area (Å²) < 4.78 is 0. The molecule has 1 saturated carbocycles. The predicted octanol–water partition coefficient (Wildman–Crippen LogP) is 2.61. The van der Waals surface area contributed by atoms with E-state index in [2.05, 4.69) is 26.8 Å². The minimum atomic E-state index is 0.254. The summed E-state index contributed by atoms with van der Waals surface area (Å²) in [5, 5.41) is 0.254. The van der Waals surface area contributed by atoms with Gasteiger partial charge in [0.2, 0.25) is 17.2 Å². The van der Waals surface area contributed by atoms with Crippen LogP contribution in [0.5, 0.6) is 0 Å². The lowest BCUT2D eigenvalue weighted by molar-refractivity contribution is 0.339. The third-order valence-electron chi connectivity index (χ3n) is 3.83. The lowest BCUT2D eigenvalue weighted by Crippen LogP contribution is -2.36. The fraction of sp³-hybridized carbons (Fsp3) is 0.769. The Labute approximate surface area is 120 Å². The molecule has 0 spiro atoms. The Bertz CT molecular complexity index is 429. The average molecular weight is 284 g/mol. The summed E-state index contributed by atoms with van der Waals surface area (Å²) in [6.07, 6.45) is 4.93. The van der Waals surface area contributed by atoms with Gasteiger partial charge in [-0.15, -0.1) is 0 Å². The molecule has 1 aliphatic rings. The van der Waals surface area contributed by atoms with Gasteiger partial charge in [0.1, 0.15) is 0 Å². The lowest BCUT2D eigenvalue weighted by Gasteiger charge is -2.33. The van der Waals surface area contributed by atoms with Gasteiger partial charge in [0.25, 0.3) is 0 Å². The van der Waals surface area contributed by atoms with Crippen LogP contribution >= 0.6 is 11.6 Å². The minimum Gasteiger partial charge on any atom is -0.347 e. The third-order valence-corrected chi connectivity index (χ3v) is 4.00. The van der Waals surface area contributed by atoms with Gasteiger partial charge >= 0.3 is 0 Å². The van der Waals surface area contributed by atoms with Crippen molar-refractivity contribution in [1.29, 1.82) is 0 Å². The normalized spacial score (nSPS) is 23.2. The number of rotatable bonds is 3. The second kappa shape index (κ2) is 5.90. The van der Waals surface area contributed by atoms with Crippen LogP contribution in [0.15, 0.2) is 0 Å². The molecule has 0 atom stereocenters. The zero-order chi connectivity index (χ0) is 14.0. The molecule has 0 N–H and O–H groups in total. The Morgan fingerprint density at radius 3 is 2.11 bits per heavy atom. The molecule has 5 nitrogen and oxygen atoms in total. The molecule has 0 aromatic carbocycles. The van der Waals surface area contributed by atoms with Crippen LogP contribution < -0.4 is 9.80 Å². The Morgan fingerprint density at radius 2 is 1.53 bits per heavy atom. The number of hydrogen-bond donors (Lipinski definition) is 0. The smallest absolute Gasteiger partial charge is 0.231 e. The fourth-order valence-electron chi connectivity index (χ4n) is 2.48. The van der Waals surface area contributed by atoms with Crippen molar-refractivity contribution in [3.05, 3.63) is 5.28 Å². The van der Waals surface area contributed by atoms with E-state index in [4.69, 9.17) is 11.6 Å². The van der Waals surface area contributed by atoms with Gasteiger partial charge in [-0.25, -0.2) is 0 Å². The van der Waals surface area contributed by atoms with Crippen molar-refractivity contribution in [1.82, 2.24) is 15.0 Å². The first-order chi connectivity index (χ1) is 8.97. The van der Waals surface area contributed by atoms with Gasteiger partial charge in [0.15, 0.2) is 0 Å². The van der Waals surface area contributed by atoms with Crippen LogP contribution in [0.2, 0.25) is 5.28 Å². The van der Waals surface area contributed by atoms with Gasteiger partial charge in [-0.3, -0.25) is 0 Å². The molecule has 0 bridgehead atoms. The second-order valence-corrected chi connectivity index (χ2v) is 5.96. The van der Waals surface area contributed by atoms with E-state index in [1.54, 1.807) is 0 Å². The first-order valence-corrected chi connectivity index (χ1v) is 7.17. The summed E-state index contributed by atoms with van der Waals surface area (Å²) in [7, 11) is 5.85. The number of anilines is 2. The molecule has 1 heterocycles. The molecule has 0 radical (unpaired) electrons. The average Bonchev–Trinajstić information content (AvgIpc) is 2.38. The Balaban J connectivity index is 2.16. The summed E-state index contributed by atoms with van der Waals surface area (Å²) in [5.74, 6) is 2.11. The van der Waals surface area contributed by atoms with Crippen LogP contribution in [0.3, 0.4) is 0 Å². The zero-order valence-corrected chi connectivity index (χ0v) is 12.9. The van der Waals surface area contributed by atoms with Crippen LogP contribution in [0.1, 0.15) is 32.6 Å². The molecule has 1 aromatic rings. The summed E-state index contributed by atoms with van der Waals surface area (Å²) >= 11 is 5.98. The minimum absolute atomic E-state index is 0.254. The summed E-state index contributed by atoms with van der Waals surface area (Å²) in [4.78, 5) is 16.8. The lowest BCUT2D eigenvalue weighted by atomic mass is 9.87. The zero-order valence-electron chi connectivity index (χ0n) is 12.1. The molecule has 1 aromatic heterocycles. The Hall–Kier alpha value is -1.10. The molecule has 0 amide bonds. The highest BCUT2D eigenvalue weighted by Crippen LogP contribution is 2.28. The standard InChI is InChI=1S/C13H22ClN5/c1-9-5-7-10(8-6-9)19(4)13-16-11(14)15-12(17-13)18(2)3/h9-10H,5-8H2,1-4H3. The van der Waals surface area contributed by atoms with Crippen LogP contribution in [0.4, 0.5) is 11.9 Å². The molecule has 1 fully saturated rings. The van der Waals surface area contributed by atoms with Crippen molar-refractivity contribution in [3.63, 3.8) is 0 Å². The molecule has 6 heteroatoms. The number of halogens is 1. The van der Waals surface area contributed by atoms with E-state index in [-0.39, 0.29) is 5.28 Å². The maximum atomic E-state index is 5.98. The highest BCUT2D eigenvalue weighted by atomic mass is 35.5. The van der Waals surface area contributed by atoms with E-state index in [1.165, 1.54) is 25.7 Å². The molecule has 0 saturated heterocycles. The van der Waals surface area contributed by atoms with E-state index < -0.39 is 0 Å². The van der Waals surface area contributed by atoms with Gasteiger partial charge in [0, 0.05) is 27.2 Å². The van der Waals surface area contributed by atoms with Crippen molar-refractivity contribution >= 4 is 23.5 Å². The van der Waals surface area contributed by atoms with E-state index >= 15 is 0 Å². The van der Waals surface area contributed by atoms with Crippen LogP contribution in [-0.4, -0.2) is 42.1 Å². The molecule has 1 aliphatic carbocycles. The Kier molecular flexibility index (Phi) is 4.45. The van der Waals surface area contributed by atoms with Gasteiger partial charge in [-0.2, -0.15) is 15.0 Å². The van der Waals surface area contributed by atoms with Crippen LogP contribution in [0, 0.1) is 5.92 Å². The quantitative estimate of drug-likeness (QED) is 0.853. The van der Waals surface area contributed by atoms with Gasteiger partial charge in [0.05, 0.1) is 0 Å². The van der Waals surface area contributed by atoms with Crippen LogP contribution in [-0.2, 0) is 0 Å². The summed E-state index contributed by atoms with van der Waals surface area (Å²) in [5.41, 5.74) is 0. The maximum Gasteiger partial charge on any atom is 0.231 e. The first kappa shape index (κ1) is 14.3. The van der Waals surface area contributed by atoms with Crippen molar-refractivity contribution < 1.29 is 0 Å². The third kappa shape index (κ3) is 3.47.